The molecular weight excluding hydrogens is 382 g/mol. The van der Waals surface area contributed by atoms with Crippen molar-refractivity contribution in [2.75, 3.05) is 0 Å². The van der Waals surface area contributed by atoms with E-state index in [9.17, 15) is 24.8 Å². The molecule has 154 valence electrons. The van der Waals surface area contributed by atoms with E-state index in [0.717, 1.165) is 6.20 Å². The second-order valence-electron chi connectivity index (χ2n) is 7.10. The summed E-state index contributed by atoms with van der Waals surface area (Å²) in [6.45, 7) is 5.04. The van der Waals surface area contributed by atoms with E-state index >= 15 is 0 Å². The van der Waals surface area contributed by atoms with Crippen LogP contribution in [0.3, 0.4) is 0 Å². The zero-order valence-electron chi connectivity index (χ0n) is 16.1. The molecule has 0 aliphatic heterocycles. The van der Waals surface area contributed by atoms with Gasteiger partial charge in [0.25, 0.3) is 5.69 Å². The summed E-state index contributed by atoms with van der Waals surface area (Å²) in [5, 5.41) is 22.3. The Morgan fingerprint density at radius 2 is 1.86 bits per heavy atom. The molecule has 0 aliphatic rings. The first-order chi connectivity index (χ1) is 13.5. The molecule has 1 heterocycles. The number of hydrogen-bond acceptors (Lipinski definition) is 7. The summed E-state index contributed by atoms with van der Waals surface area (Å²) >= 11 is 0. The molecule has 2 rings (SSSR count). The van der Waals surface area contributed by atoms with Crippen molar-refractivity contribution in [1.82, 2.24) is 10.3 Å². The molecule has 1 atom stereocenters. The fourth-order valence-electron chi connectivity index (χ4n) is 2.24. The van der Waals surface area contributed by atoms with Crippen LogP contribution in [-0.4, -0.2) is 38.7 Å². The summed E-state index contributed by atoms with van der Waals surface area (Å²) < 4.78 is 10.6. The third-order valence-electron chi connectivity index (χ3n) is 3.51. The number of rotatable bonds is 7. The lowest BCUT2D eigenvalue weighted by molar-refractivity contribution is -0.385. The Balaban J connectivity index is 1.99. The van der Waals surface area contributed by atoms with Gasteiger partial charge in [-0.15, -0.1) is 0 Å². The molecular formula is C19H21N3O7. The summed E-state index contributed by atoms with van der Waals surface area (Å²) in [6.07, 6.45) is 0.322. The normalized spacial score (nSPS) is 12.0. The van der Waals surface area contributed by atoms with Crippen molar-refractivity contribution in [1.29, 1.82) is 0 Å². The number of carbonyl (C=O) groups excluding carboxylic acids is 1. The Morgan fingerprint density at radius 3 is 2.34 bits per heavy atom. The maximum atomic E-state index is 11.8. The SMILES string of the molecule is CC(C)(C)OC(=O)N[C@@H](Cc1ccc(Oc2ccc([N+](=O)[O-])cn2)cc1)C(=O)O. The first kappa shape index (κ1) is 21.6. The standard InChI is InChI=1S/C19H21N3O7/c1-19(2,3)29-18(25)21-15(17(23)24)10-12-4-7-14(8-5-12)28-16-9-6-13(11-20-16)22(26)27/h4-9,11,15H,10H2,1-3H3,(H,21,25)(H,23,24)/t15-/m0/s1. The number of pyridine rings is 1. The van der Waals surface area contributed by atoms with Gasteiger partial charge in [0.05, 0.1) is 4.92 Å². The van der Waals surface area contributed by atoms with E-state index in [2.05, 4.69) is 10.3 Å². The maximum absolute atomic E-state index is 11.8. The Morgan fingerprint density at radius 1 is 1.21 bits per heavy atom. The molecule has 0 spiro atoms. The number of carbonyl (C=O) groups is 2. The van der Waals surface area contributed by atoms with Gasteiger partial charge in [-0.25, -0.2) is 14.6 Å². The number of carboxylic acids is 1. The number of carboxylic acid groups (broad SMARTS) is 1. The first-order valence-corrected chi connectivity index (χ1v) is 8.63. The van der Waals surface area contributed by atoms with Crippen LogP contribution in [0.4, 0.5) is 10.5 Å². The monoisotopic (exact) mass is 403 g/mol. The highest BCUT2D eigenvalue weighted by atomic mass is 16.6. The number of hydrogen-bond donors (Lipinski definition) is 2. The summed E-state index contributed by atoms with van der Waals surface area (Å²) in [5.41, 5.74) is -0.236. The van der Waals surface area contributed by atoms with Crippen molar-refractivity contribution in [2.45, 2.75) is 38.8 Å². The smallest absolute Gasteiger partial charge is 0.408 e. The highest BCUT2D eigenvalue weighted by Crippen LogP contribution is 2.22. The van der Waals surface area contributed by atoms with E-state index in [0.29, 0.717) is 11.3 Å². The number of alkyl carbamates (subject to hydrolysis) is 1. The molecule has 0 saturated carbocycles. The van der Waals surface area contributed by atoms with Crippen molar-refractivity contribution in [2.24, 2.45) is 0 Å². The van der Waals surface area contributed by atoms with E-state index in [1.54, 1.807) is 45.0 Å². The van der Waals surface area contributed by atoms with Crippen LogP contribution in [0.25, 0.3) is 0 Å². The van der Waals surface area contributed by atoms with Crippen molar-refractivity contribution >= 4 is 17.7 Å². The molecule has 2 aromatic rings. The maximum Gasteiger partial charge on any atom is 0.408 e. The predicted octanol–water partition coefficient (Wildman–Crippen LogP) is 3.30. The number of aromatic nitrogens is 1. The van der Waals surface area contributed by atoms with E-state index in [1.165, 1.54) is 12.1 Å². The predicted molar refractivity (Wildman–Crippen MR) is 102 cm³/mol. The molecule has 10 heteroatoms. The van der Waals surface area contributed by atoms with Gasteiger partial charge in [0.1, 0.15) is 23.6 Å². The molecule has 0 radical (unpaired) electrons. The summed E-state index contributed by atoms with van der Waals surface area (Å²) in [6, 6.07) is 7.98. The number of benzene rings is 1. The van der Waals surface area contributed by atoms with Crippen molar-refractivity contribution in [3.63, 3.8) is 0 Å². The minimum Gasteiger partial charge on any atom is -0.480 e. The molecule has 2 N–H and O–H groups in total. The average Bonchev–Trinajstić information content (AvgIpc) is 2.61. The van der Waals surface area contributed by atoms with Gasteiger partial charge >= 0.3 is 12.1 Å². The highest BCUT2D eigenvalue weighted by molar-refractivity contribution is 5.80. The van der Waals surface area contributed by atoms with Crippen LogP contribution in [0, 0.1) is 10.1 Å². The average molecular weight is 403 g/mol. The molecule has 1 aromatic heterocycles. The Bertz CT molecular complexity index is 874. The zero-order chi connectivity index (χ0) is 21.6. The molecule has 1 amide bonds. The molecule has 0 saturated heterocycles. The fraction of sp³-hybridized carbons (Fsp3) is 0.316. The highest BCUT2D eigenvalue weighted by Gasteiger charge is 2.24. The molecule has 0 bridgehead atoms. The van der Waals surface area contributed by atoms with Gasteiger partial charge in [0.2, 0.25) is 5.88 Å². The number of nitrogens with one attached hydrogen (secondary N) is 1. The minimum atomic E-state index is -1.19. The van der Waals surface area contributed by atoms with Gasteiger partial charge in [0.15, 0.2) is 0 Å². The number of amides is 1. The van der Waals surface area contributed by atoms with E-state index in [1.807, 2.05) is 0 Å². The third-order valence-corrected chi connectivity index (χ3v) is 3.51. The van der Waals surface area contributed by atoms with Crippen LogP contribution < -0.4 is 10.1 Å². The van der Waals surface area contributed by atoms with Gasteiger partial charge < -0.3 is 19.9 Å². The van der Waals surface area contributed by atoms with Gasteiger partial charge in [-0.3, -0.25) is 10.1 Å². The van der Waals surface area contributed by atoms with Crippen LogP contribution in [0.1, 0.15) is 26.3 Å². The lowest BCUT2D eigenvalue weighted by Crippen LogP contribution is -2.44. The minimum absolute atomic E-state index is 0.0463. The second-order valence-corrected chi connectivity index (χ2v) is 7.10. The Hall–Kier alpha value is -3.69. The number of ether oxygens (including phenoxy) is 2. The topological polar surface area (TPSA) is 141 Å². The van der Waals surface area contributed by atoms with Crippen molar-refractivity contribution < 1.29 is 29.1 Å². The molecule has 29 heavy (non-hydrogen) atoms. The lowest BCUT2D eigenvalue weighted by atomic mass is 10.1. The zero-order valence-corrected chi connectivity index (χ0v) is 16.1. The first-order valence-electron chi connectivity index (χ1n) is 8.63. The Kier molecular flexibility index (Phi) is 6.71. The van der Waals surface area contributed by atoms with Gasteiger partial charge in [0, 0.05) is 18.6 Å². The summed E-state index contributed by atoms with van der Waals surface area (Å²) in [5.74, 6) is -0.591. The lowest BCUT2D eigenvalue weighted by Gasteiger charge is -2.22. The molecule has 0 unspecified atom stereocenters. The number of aliphatic carboxylic acids is 1. The van der Waals surface area contributed by atoms with Crippen molar-refractivity contribution in [3.8, 4) is 11.6 Å². The van der Waals surface area contributed by atoms with Crippen LogP contribution >= 0.6 is 0 Å². The van der Waals surface area contributed by atoms with Crippen LogP contribution in [0.2, 0.25) is 0 Å². The molecule has 0 aliphatic carbocycles. The van der Waals surface area contributed by atoms with E-state index in [4.69, 9.17) is 9.47 Å². The largest absolute Gasteiger partial charge is 0.480 e. The fourth-order valence-corrected chi connectivity index (χ4v) is 2.24. The summed E-state index contributed by atoms with van der Waals surface area (Å²) in [7, 11) is 0. The molecule has 10 nitrogen and oxygen atoms in total. The Labute approximate surface area is 166 Å². The number of nitrogens with zero attached hydrogens (tertiary/aromatic N) is 2. The van der Waals surface area contributed by atoms with Crippen LogP contribution in [0.5, 0.6) is 11.6 Å². The van der Waals surface area contributed by atoms with Gasteiger partial charge in [-0.1, -0.05) is 12.1 Å². The number of nitro groups is 1. The second kappa shape index (κ2) is 9.00. The third kappa shape index (κ3) is 7.09. The van der Waals surface area contributed by atoms with Gasteiger partial charge in [-0.05, 0) is 38.5 Å². The molecule has 1 aromatic carbocycles. The van der Waals surface area contributed by atoms with E-state index < -0.39 is 28.6 Å². The van der Waals surface area contributed by atoms with E-state index in [-0.39, 0.29) is 18.0 Å². The molecule has 0 fully saturated rings. The quantitative estimate of drug-likeness (QED) is 0.530. The summed E-state index contributed by atoms with van der Waals surface area (Å²) in [4.78, 5) is 37.2. The van der Waals surface area contributed by atoms with Crippen molar-refractivity contribution in [3.05, 3.63) is 58.3 Å². The van der Waals surface area contributed by atoms with Crippen LogP contribution in [-0.2, 0) is 16.0 Å². The van der Waals surface area contributed by atoms with Crippen LogP contribution in [0.15, 0.2) is 42.6 Å². The van der Waals surface area contributed by atoms with Gasteiger partial charge in [-0.2, -0.15) is 0 Å².